The maximum Gasteiger partial charge on any atom is 0.186 e. The van der Waals surface area contributed by atoms with Crippen molar-refractivity contribution < 1.29 is 14.6 Å². The topological polar surface area (TPSA) is 51.6 Å². The second-order valence-electron chi connectivity index (χ2n) is 6.05. The van der Waals surface area contributed by atoms with Gasteiger partial charge in [0.25, 0.3) is 0 Å². The van der Waals surface area contributed by atoms with Crippen LogP contribution in [0.5, 0.6) is 0 Å². The number of hydrogen-bond acceptors (Lipinski definition) is 4. The predicted octanol–water partition coefficient (Wildman–Crippen LogP) is 3.80. The average Bonchev–Trinajstić information content (AvgIpc) is 2.70. The highest BCUT2D eigenvalue weighted by molar-refractivity contribution is 5.84. The van der Waals surface area contributed by atoms with Crippen LogP contribution in [-0.4, -0.2) is 22.3 Å². The third-order valence-corrected chi connectivity index (χ3v) is 3.45. The summed E-state index contributed by atoms with van der Waals surface area (Å²) in [4.78, 5) is 4.68. The lowest BCUT2D eigenvalue weighted by Gasteiger charge is -2.17. The predicted molar refractivity (Wildman–Crippen MR) is 86.1 cm³/mol. The fraction of sp³-hybridized carbons (Fsp3) is 0.389. The molecule has 116 valence electrons. The van der Waals surface area contributed by atoms with E-state index in [0.717, 1.165) is 16.5 Å². The molecule has 3 rings (SSSR count). The lowest BCUT2D eigenvalue weighted by Crippen LogP contribution is -2.09. The van der Waals surface area contributed by atoms with Crippen LogP contribution < -0.4 is 0 Å². The number of aromatic nitrogens is 1. The van der Waals surface area contributed by atoms with E-state index in [1.54, 1.807) is 0 Å². The van der Waals surface area contributed by atoms with E-state index in [1.165, 1.54) is 0 Å². The van der Waals surface area contributed by atoms with Crippen molar-refractivity contribution in [2.75, 3.05) is 0 Å². The monoisotopic (exact) mass is 299 g/mol. The zero-order valence-corrected chi connectivity index (χ0v) is 13.3. The number of para-hydroxylation sites is 1. The molecule has 0 saturated carbocycles. The first-order valence-electron chi connectivity index (χ1n) is 7.63. The number of ether oxygens (including phenoxy) is 2. The number of hydrogen-bond donors (Lipinski definition) is 1. The summed E-state index contributed by atoms with van der Waals surface area (Å²) in [5.74, 6) is 1.01. The Hall–Kier alpha value is -2.07. The highest BCUT2D eigenvalue weighted by Gasteiger charge is 2.35. The number of fused-ring (bicyclic) bond motifs is 2. The van der Waals surface area contributed by atoms with Crippen molar-refractivity contribution in [3.05, 3.63) is 47.3 Å². The van der Waals surface area contributed by atoms with E-state index in [2.05, 4.69) is 4.98 Å². The molecule has 4 nitrogen and oxygen atoms in total. The molecule has 0 saturated heterocycles. The Morgan fingerprint density at radius 3 is 2.41 bits per heavy atom. The Labute approximate surface area is 130 Å². The Morgan fingerprint density at radius 1 is 1.05 bits per heavy atom. The summed E-state index contributed by atoms with van der Waals surface area (Å²) >= 11 is 0. The summed E-state index contributed by atoms with van der Waals surface area (Å²) in [6, 6.07) is 9.81. The number of pyridine rings is 1. The van der Waals surface area contributed by atoms with Gasteiger partial charge < -0.3 is 14.6 Å². The van der Waals surface area contributed by atoms with Gasteiger partial charge >= 0.3 is 0 Å². The molecule has 0 spiro atoms. The normalized spacial score (nSPS) is 17.5. The van der Waals surface area contributed by atoms with Crippen LogP contribution in [-0.2, 0) is 9.47 Å². The lowest BCUT2D eigenvalue weighted by atomic mass is 10.1. The molecule has 1 N–H and O–H groups in total. The molecule has 1 aliphatic carbocycles. The van der Waals surface area contributed by atoms with E-state index in [9.17, 15) is 5.11 Å². The molecule has 2 aromatic rings. The van der Waals surface area contributed by atoms with Crippen LogP contribution in [0.25, 0.3) is 16.7 Å². The first-order valence-corrected chi connectivity index (χ1v) is 7.63. The fourth-order valence-corrected chi connectivity index (χ4v) is 2.63. The third kappa shape index (κ3) is 2.55. The van der Waals surface area contributed by atoms with Gasteiger partial charge in [-0.05, 0) is 39.8 Å². The van der Waals surface area contributed by atoms with Crippen molar-refractivity contribution in [1.29, 1.82) is 0 Å². The van der Waals surface area contributed by atoms with Crippen LogP contribution in [0.3, 0.4) is 0 Å². The van der Waals surface area contributed by atoms with E-state index in [-0.39, 0.29) is 12.2 Å². The van der Waals surface area contributed by atoms with Crippen LogP contribution in [0.15, 0.2) is 36.1 Å². The zero-order chi connectivity index (χ0) is 15.9. The first-order chi connectivity index (χ1) is 10.5. The maximum absolute atomic E-state index is 10.6. The highest BCUT2D eigenvalue weighted by atomic mass is 16.5. The van der Waals surface area contributed by atoms with E-state index >= 15 is 0 Å². The fourth-order valence-electron chi connectivity index (χ4n) is 2.63. The van der Waals surface area contributed by atoms with Gasteiger partial charge in [0.05, 0.1) is 17.7 Å². The lowest BCUT2D eigenvalue weighted by molar-refractivity contribution is 0.0656. The van der Waals surface area contributed by atoms with E-state index < -0.39 is 6.10 Å². The summed E-state index contributed by atoms with van der Waals surface area (Å²) in [6.07, 6.45) is -0.894. The second kappa shape index (κ2) is 5.61. The molecule has 0 aliphatic heterocycles. The van der Waals surface area contributed by atoms with Crippen molar-refractivity contribution in [3.63, 3.8) is 0 Å². The zero-order valence-electron chi connectivity index (χ0n) is 13.3. The Bertz CT molecular complexity index is 734. The largest absolute Gasteiger partial charge is 0.488 e. The van der Waals surface area contributed by atoms with Crippen LogP contribution >= 0.6 is 0 Å². The minimum Gasteiger partial charge on any atom is -0.488 e. The molecule has 1 heterocycles. The van der Waals surface area contributed by atoms with Crippen LogP contribution in [0.4, 0.5) is 0 Å². The number of benzene rings is 1. The van der Waals surface area contributed by atoms with E-state index in [4.69, 9.17) is 9.47 Å². The summed E-state index contributed by atoms with van der Waals surface area (Å²) in [5, 5.41) is 11.6. The van der Waals surface area contributed by atoms with Crippen molar-refractivity contribution in [2.45, 2.75) is 46.0 Å². The summed E-state index contributed by atoms with van der Waals surface area (Å²) in [6.45, 7) is 7.76. The van der Waals surface area contributed by atoms with Gasteiger partial charge in [0.15, 0.2) is 11.5 Å². The molecule has 1 aromatic carbocycles. The standard InChI is InChI=1S/C18H21NO3/c1-10(2)21-17-15-13(16(20)18(17)22-11(3)4)9-12-7-5-6-8-14(12)19-15/h5-11,16,20H,1-4H3. The average molecular weight is 299 g/mol. The van der Waals surface area contributed by atoms with Gasteiger partial charge in [-0.25, -0.2) is 4.98 Å². The number of aliphatic hydroxyl groups excluding tert-OH is 1. The maximum atomic E-state index is 10.6. The van der Waals surface area contributed by atoms with Gasteiger partial charge in [-0.2, -0.15) is 0 Å². The minimum absolute atomic E-state index is 0.0211. The van der Waals surface area contributed by atoms with Gasteiger partial charge in [0.2, 0.25) is 0 Å². The molecule has 1 atom stereocenters. The minimum atomic E-state index is -0.830. The molecule has 0 bridgehead atoms. The smallest absolute Gasteiger partial charge is 0.186 e. The highest BCUT2D eigenvalue weighted by Crippen LogP contribution is 2.42. The van der Waals surface area contributed by atoms with Gasteiger partial charge in [-0.1, -0.05) is 18.2 Å². The van der Waals surface area contributed by atoms with Gasteiger partial charge in [-0.15, -0.1) is 0 Å². The summed E-state index contributed by atoms with van der Waals surface area (Å²) < 4.78 is 11.7. The molecule has 22 heavy (non-hydrogen) atoms. The van der Waals surface area contributed by atoms with Crippen LogP contribution in [0.1, 0.15) is 45.1 Å². The number of aliphatic hydroxyl groups is 1. The summed E-state index contributed by atoms with van der Waals surface area (Å²) in [5.41, 5.74) is 2.30. The van der Waals surface area contributed by atoms with Crippen LogP contribution in [0.2, 0.25) is 0 Å². The van der Waals surface area contributed by atoms with Crippen molar-refractivity contribution >= 4 is 16.7 Å². The molecule has 1 unspecified atom stereocenters. The Kier molecular flexibility index (Phi) is 3.79. The van der Waals surface area contributed by atoms with E-state index in [0.29, 0.717) is 17.2 Å². The van der Waals surface area contributed by atoms with Gasteiger partial charge in [-0.3, -0.25) is 0 Å². The second-order valence-corrected chi connectivity index (χ2v) is 6.05. The van der Waals surface area contributed by atoms with Gasteiger partial charge in [0, 0.05) is 10.9 Å². The molecule has 0 fully saturated rings. The molecule has 1 aromatic heterocycles. The quantitative estimate of drug-likeness (QED) is 0.933. The first kappa shape index (κ1) is 14.9. The molecule has 1 aliphatic rings. The molecular weight excluding hydrogens is 278 g/mol. The molecule has 0 amide bonds. The number of nitrogens with zero attached hydrogens (tertiary/aromatic N) is 1. The van der Waals surface area contributed by atoms with E-state index in [1.807, 2.05) is 58.0 Å². The SMILES string of the molecule is CC(C)OC1=C(OC(C)C)C(O)c2cc3ccccc3nc21. The Morgan fingerprint density at radius 2 is 1.73 bits per heavy atom. The number of rotatable bonds is 4. The third-order valence-electron chi connectivity index (χ3n) is 3.45. The molecular formula is C18H21NO3. The summed E-state index contributed by atoms with van der Waals surface area (Å²) in [7, 11) is 0. The van der Waals surface area contributed by atoms with Crippen molar-refractivity contribution in [2.24, 2.45) is 0 Å². The molecule has 0 radical (unpaired) electrons. The molecule has 4 heteroatoms. The van der Waals surface area contributed by atoms with Gasteiger partial charge in [0.1, 0.15) is 11.8 Å². The van der Waals surface area contributed by atoms with Crippen LogP contribution in [0, 0.1) is 0 Å². The Balaban J connectivity index is 2.16. The van der Waals surface area contributed by atoms with Crippen molar-refractivity contribution in [3.8, 4) is 0 Å². The van der Waals surface area contributed by atoms with Crippen molar-refractivity contribution in [1.82, 2.24) is 4.98 Å².